The van der Waals surface area contributed by atoms with Crippen molar-refractivity contribution in [1.82, 2.24) is 0 Å². The number of carbonyl (C=O) groups is 2. The van der Waals surface area contributed by atoms with Crippen LogP contribution in [0, 0.1) is 5.41 Å². The van der Waals surface area contributed by atoms with E-state index in [1.165, 1.54) is 128 Å². The zero-order chi connectivity index (χ0) is 28.2. The van der Waals surface area contributed by atoms with Crippen LogP contribution in [0.3, 0.4) is 0 Å². The second-order valence-electron chi connectivity index (χ2n) is 12.1. The molecule has 0 spiro atoms. The number of hydrogen-bond donors (Lipinski definition) is 2. The first-order valence-corrected chi connectivity index (χ1v) is 16.9. The van der Waals surface area contributed by atoms with Gasteiger partial charge in [-0.25, -0.2) is 0 Å². The largest absolute Gasteiger partial charge is 0.481 e. The van der Waals surface area contributed by atoms with Crippen molar-refractivity contribution in [2.45, 2.75) is 200 Å². The molecule has 0 fully saturated rings. The normalized spacial score (nSPS) is 11.7. The van der Waals surface area contributed by atoms with Crippen LogP contribution in [0.4, 0.5) is 0 Å². The summed E-state index contributed by atoms with van der Waals surface area (Å²) < 4.78 is 0. The van der Waals surface area contributed by atoms with Gasteiger partial charge in [0.1, 0.15) is 0 Å². The first-order valence-electron chi connectivity index (χ1n) is 16.9. The highest BCUT2D eigenvalue weighted by atomic mass is 16.4. The van der Waals surface area contributed by atoms with Crippen LogP contribution in [0.1, 0.15) is 200 Å². The van der Waals surface area contributed by atoms with Gasteiger partial charge in [-0.15, -0.1) is 0 Å². The molecule has 0 unspecified atom stereocenters. The molecule has 0 aliphatic carbocycles. The van der Waals surface area contributed by atoms with E-state index in [1.54, 1.807) is 0 Å². The van der Waals surface area contributed by atoms with Crippen molar-refractivity contribution in [3.8, 4) is 0 Å². The third-order valence-corrected chi connectivity index (χ3v) is 8.46. The molecular formula is C34H66O4. The number of carboxylic acid groups (broad SMARTS) is 2. The van der Waals surface area contributed by atoms with Crippen LogP contribution in [0.25, 0.3) is 0 Å². The Bertz CT molecular complexity index is 501. The fourth-order valence-electron chi connectivity index (χ4n) is 5.84. The van der Waals surface area contributed by atoms with E-state index in [1.807, 2.05) is 0 Å². The lowest BCUT2D eigenvalue weighted by Crippen LogP contribution is -2.33. The molecule has 0 heterocycles. The predicted molar refractivity (Wildman–Crippen MR) is 163 cm³/mol. The number of hydrogen-bond acceptors (Lipinski definition) is 2. The molecule has 0 aromatic carbocycles. The number of carboxylic acids is 2. The minimum Gasteiger partial charge on any atom is -0.481 e. The molecule has 0 saturated heterocycles. The van der Waals surface area contributed by atoms with Gasteiger partial charge in [0.25, 0.3) is 0 Å². The molecule has 4 heteroatoms. The van der Waals surface area contributed by atoms with Gasteiger partial charge in [0.15, 0.2) is 0 Å². The molecule has 2 N–H and O–H groups in total. The molecule has 0 bridgehead atoms. The molecule has 0 radical (unpaired) electrons. The predicted octanol–water partition coefficient (Wildman–Crippen LogP) is 11.5. The summed E-state index contributed by atoms with van der Waals surface area (Å²) in [5.74, 6) is -1.88. The summed E-state index contributed by atoms with van der Waals surface area (Å²) >= 11 is 0. The van der Waals surface area contributed by atoms with Crippen LogP contribution < -0.4 is 0 Å². The Morgan fingerprint density at radius 3 is 0.868 bits per heavy atom. The lowest BCUT2D eigenvalue weighted by atomic mass is 9.75. The fourth-order valence-corrected chi connectivity index (χ4v) is 5.84. The Morgan fingerprint density at radius 1 is 0.421 bits per heavy atom. The topological polar surface area (TPSA) is 74.6 Å². The molecule has 226 valence electrons. The summed E-state index contributed by atoms with van der Waals surface area (Å²) in [6.07, 6.45) is 33.4. The van der Waals surface area contributed by atoms with E-state index in [-0.39, 0.29) is 6.42 Å². The van der Waals surface area contributed by atoms with Crippen LogP contribution in [-0.4, -0.2) is 22.2 Å². The van der Waals surface area contributed by atoms with E-state index in [2.05, 4.69) is 13.8 Å². The average molecular weight is 539 g/mol. The molecule has 4 nitrogen and oxygen atoms in total. The quantitative estimate of drug-likeness (QED) is 0.0860. The second kappa shape index (κ2) is 27.5. The average Bonchev–Trinajstić information content (AvgIpc) is 2.88. The Hall–Kier alpha value is -1.06. The van der Waals surface area contributed by atoms with Gasteiger partial charge in [-0.2, -0.15) is 0 Å². The summed E-state index contributed by atoms with van der Waals surface area (Å²) in [7, 11) is 0. The van der Waals surface area contributed by atoms with Gasteiger partial charge in [0.2, 0.25) is 0 Å². The third-order valence-electron chi connectivity index (χ3n) is 8.46. The van der Waals surface area contributed by atoms with Crippen molar-refractivity contribution in [3.05, 3.63) is 0 Å². The smallest absolute Gasteiger partial charge is 0.310 e. The Balaban J connectivity index is 3.98. The molecule has 0 aromatic rings. The summed E-state index contributed by atoms with van der Waals surface area (Å²) in [6.45, 7) is 4.52. The van der Waals surface area contributed by atoms with Gasteiger partial charge in [0, 0.05) is 0 Å². The molecule has 0 amide bonds. The SMILES string of the molecule is CCCCCCCCCCCCCCCC(CCCCCCCCCCCCCCC)(CC(=O)O)C(=O)O. The molecule has 0 atom stereocenters. The van der Waals surface area contributed by atoms with E-state index in [0.29, 0.717) is 12.8 Å². The highest BCUT2D eigenvalue weighted by Crippen LogP contribution is 2.36. The van der Waals surface area contributed by atoms with Crippen LogP contribution in [0.5, 0.6) is 0 Å². The van der Waals surface area contributed by atoms with Crippen LogP contribution in [0.2, 0.25) is 0 Å². The van der Waals surface area contributed by atoms with Crippen molar-refractivity contribution >= 4 is 11.9 Å². The van der Waals surface area contributed by atoms with E-state index in [0.717, 1.165) is 38.5 Å². The second-order valence-corrected chi connectivity index (χ2v) is 12.1. The molecule has 38 heavy (non-hydrogen) atoms. The first-order chi connectivity index (χ1) is 18.5. The molecule has 0 rings (SSSR count). The van der Waals surface area contributed by atoms with Crippen molar-refractivity contribution in [2.24, 2.45) is 5.41 Å². The Kier molecular flexibility index (Phi) is 26.7. The van der Waals surface area contributed by atoms with Crippen molar-refractivity contribution in [1.29, 1.82) is 0 Å². The van der Waals surface area contributed by atoms with Crippen LogP contribution in [0.15, 0.2) is 0 Å². The standard InChI is InChI=1S/C34H66O4/c1-3-5-7-9-11-13-15-17-19-21-23-25-27-29-34(33(37)38,31-32(35)36)30-28-26-24-22-20-18-16-14-12-10-8-6-4-2/h3-31H2,1-2H3,(H,35,36)(H,37,38). The lowest BCUT2D eigenvalue weighted by Gasteiger charge is -2.28. The number of unbranched alkanes of at least 4 members (excludes halogenated alkanes) is 24. The van der Waals surface area contributed by atoms with Crippen LogP contribution >= 0.6 is 0 Å². The van der Waals surface area contributed by atoms with Gasteiger partial charge in [-0.3, -0.25) is 9.59 Å². The van der Waals surface area contributed by atoms with Crippen molar-refractivity contribution in [2.75, 3.05) is 0 Å². The highest BCUT2D eigenvalue weighted by Gasteiger charge is 2.39. The maximum absolute atomic E-state index is 12.2. The lowest BCUT2D eigenvalue weighted by molar-refractivity contribution is -0.157. The van der Waals surface area contributed by atoms with Gasteiger partial charge < -0.3 is 10.2 Å². The van der Waals surface area contributed by atoms with Crippen LogP contribution in [-0.2, 0) is 9.59 Å². The molecule has 0 saturated carbocycles. The number of rotatable bonds is 31. The zero-order valence-corrected chi connectivity index (χ0v) is 25.7. The van der Waals surface area contributed by atoms with Crippen molar-refractivity contribution < 1.29 is 19.8 Å². The Morgan fingerprint density at radius 2 is 0.658 bits per heavy atom. The maximum atomic E-state index is 12.2. The summed E-state index contributed by atoms with van der Waals surface area (Å²) in [6, 6.07) is 0. The summed E-state index contributed by atoms with van der Waals surface area (Å²) in [5, 5.41) is 19.4. The minimum atomic E-state index is -1.08. The monoisotopic (exact) mass is 538 g/mol. The highest BCUT2D eigenvalue weighted by molar-refractivity contribution is 5.81. The molecular weight excluding hydrogens is 472 g/mol. The first kappa shape index (κ1) is 36.9. The summed E-state index contributed by atoms with van der Waals surface area (Å²) in [4.78, 5) is 23.7. The molecule has 0 aliphatic heterocycles. The van der Waals surface area contributed by atoms with Gasteiger partial charge in [0.05, 0.1) is 11.8 Å². The van der Waals surface area contributed by atoms with Gasteiger partial charge in [-0.1, -0.05) is 181 Å². The minimum absolute atomic E-state index is 0.237. The zero-order valence-electron chi connectivity index (χ0n) is 25.7. The van der Waals surface area contributed by atoms with E-state index >= 15 is 0 Å². The third kappa shape index (κ3) is 22.9. The summed E-state index contributed by atoms with van der Waals surface area (Å²) in [5.41, 5.74) is -1.08. The van der Waals surface area contributed by atoms with E-state index < -0.39 is 17.4 Å². The maximum Gasteiger partial charge on any atom is 0.310 e. The van der Waals surface area contributed by atoms with E-state index in [9.17, 15) is 19.8 Å². The number of aliphatic carboxylic acids is 2. The van der Waals surface area contributed by atoms with E-state index in [4.69, 9.17) is 0 Å². The molecule has 0 aromatic heterocycles. The van der Waals surface area contributed by atoms with Gasteiger partial charge >= 0.3 is 11.9 Å². The molecule has 0 aliphatic rings. The van der Waals surface area contributed by atoms with Crippen molar-refractivity contribution in [3.63, 3.8) is 0 Å². The Labute approximate surface area is 237 Å². The fraction of sp³-hybridized carbons (Fsp3) is 0.941. The van der Waals surface area contributed by atoms with Gasteiger partial charge in [-0.05, 0) is 12.8 Å².